The van der Waals surface area contributed by atoms with Crippen LogP contribution in [-0.4, -0.2) is 51.5 Å². The lowest BCUT2D eigenvalue weighted by molar-refractivity contribution is 0.0743. The van der Waals surface area contributed by atoms with Crippen LogP contribution in [0.15, 0.2) is 42.5 Å². The predicted octanol–water partition coefficient (Wildman–Crippen LogP) is 6.23. The number of benzene rings is 2. The maximum absolute atomic E-state index is 13.6. The molecule has 9 heteroatoms. The molecule has 35 heavy (non-hydrogen) atoms. The normalized spacial score (nSPS) is 17.1. The van der Waals surface area contributed by atoms with E-state index in [1.807, 2.05) is 39.9 Å². The van der Waals surface area contributed by atoms with Crippen molar-refractivity contribution in [2.24, 2.45) is 0 Å². The fraction of sp³-hybridized carbons (Fsp3) is 0.385. The number of aromatic nitrogens is 2. The van der Waals surface area contributed by atoms with Gasteiger partial charge < -0.3 is 0 Å². The Hall–Kier alpha value is -2.09. The van der Waals surface area contributed by atoms with Gasteiger partial charge in [0.15, 0.2) is 5.69 Å². The molecule has 2 aromatic carbocycles. The molecule has 2 aliphatic rings. The largest absolute Gasteiger partial charge is 0.297 e. The lowest BCUT2D eigenvalue weighted by atomic mass is 10.2. The van der Waals surface area contributed by atoms with Crippen LogP contribution in [0.1, 0.15) is 48.3 Å². The van der Waals surface area contributed by atoms with Gasteiger partial charge in [-0.25, -0.2) is 9.99 Å². The van der Waals surface area contributed by atoms with Gasteiger partial charge in [0.1, 0.15) is 5.82 Å². The van der Waals surface area contributed by atoms with Crippen molar-refractivity contribution in [2.75, 3.05) is 26.2 Å². The molecule has 2 saturated heterocycles. The van der Waals surface area contributed by atoms with Crippen LogP contribution in [0.4, 0.5) is 0 Å². The molecule has 184 valence electrons. The van der Waals surface area contributed by atoms with Crippen LogP contribution in [0.5, 0.6) is 0 Å². The number of hydrogen-bond donors (Lipinski definition) is 1. The molecule has 0 spiro atoms. The van der Waals surface area contributed by atoms with E-state index in [0.717, 1.165) is 63.2 Å². The van der Waals surface area contributed by atoms with Crippen molar-refractivity contribution in [1.82, 2.24) is 24.9 Å². The number of nitrogens with zero attached hydrogens (tertiary/aromatic N) is 4. The fourth-order valence-corrected chi connectivity index (χ4v) is 5.48. The van der Waals surface area contributed by atoms with Crippen molar-refractivity contribution in [3.63, 3.8) is 0 Å². The van der Waals surface area contributed by atoms with E-state index >= 15 is 0 Å². The van der Waals surface area contributed by atoms with Gasteiger partial charge in [0.25, 0.3) is 5.91 Å². The summed E-state index contributed by atoms with van der Waals surface area (Å²) < 4.78 is 2.04. The van der Waals surface area contributed by atoms with Gasteiger partial charge in [-0.15, -0.1) is 0 Å². The Morgan fingerprint density at radius 3 is 2.20 bits per heavy atom. The summed E-state index contributed by atoms with van der Waals surface area (Å²) in [5, 5.41) is 3.67. The number of halogens is 3. The summed E-state index contributed by atoms with van der Waals surface area (Å²) in [4.78, 5) is 20.9. The zero-order chi connectivity index (χ0) is 24.4. The molecule has 5 rings (SSSR count). The monoisotopic (exact) mass is 531 g/mol. The molecule has 0 radical (unpaired) electrons. The maximum Gasteiger partial charge on any atom is 0.286 e. The standard InChI is InChI=1S/C26H28Cl3N5O/c27-18-6-9-20(10-7-18)34-23(17-32-12-4-5-13-32)24(26(35)31-33-14-2-1-3-15-33)30-25(34)21-11-8-19(28)16-22(21)29/h6-11,16H,1-5,12-15,17H2,(H,31,35). The lowest BCUT2D eigenvalue weighted by Crippen LogP contribution is -2.45. The number of hydrogen-bond acceptors (Lipinski definition) is 4. The van der Waals surface area contributed by atoms with E-state index in [2.05, 4.69) is 10.3 Å². The van der Waals surface area contributed by atoms with Gasteiger partial charge >= 0.3 is 0 Å². The van der Waals surface area contributed by atoms with E-state index in [9.17, 15) is 4.79 Å². The second-order valence-corrected chi connectivity index (χ2v) is 10.4. The topological polar surface area (TPSA) is 53.4 Å². The molecular formula is C26H28Cl3N5O. The van der Waals surface area contributed by atoms with Crippen LogP contribution in [0.3, 0.4) is 0 Å². The van der Waals surface area contributed by atoms with Gasteiger partial charge in [0, 0.05) is 40.9 Å². The van der Waals surface area contributed by atoms with E-state index in [4.69, 9.17) is 39.8 Å². The lowest BCUT2D eigenvalue weighted by Gasteiger charge is -2.26. The minimum Gasteiger partial charge on any atom is -0.297 e. The molecule has 0 aliphatic carbocycles. The third kappa shape index (κ3) is 5.52. The SMILES string of the molecule is O=C(NN1CCCCC1)c1nc(-c2ccc(Cl)cc2Cl)n(-c2ccc(Cl)cc2)c1CN1CCCC1. The molecule has 0 saturated carbocycles. The van der Waals surface area contributed by atoms with Crippen molar-refractivity contribution in [2.45, 2.75) is 38.6 Å². The molecule has 1 amide bonds. The molecule has 0 unspecified atom stereocenters. The molecule has 6 nitrogen and oxygen atoms in total. The first-order valence-electron chi connectivity index (χ1n) is 12.1. The Labute approximate surface area is 220 Å². The average Bonchev–Trinajstić information content (AvgIpc) is 3.49. The van der Waals surface area contributed by atoms with Gasteiger partial charge in [-0.2, -0.15) is 0 Å². The molecule has 0 atom stereocenters. The highest BCUT2D eigenvalue weighted by atomic mass is 35.5. The number of piperidine rings is 1. The van der Waals surface area contributed by atoms with E-state index in [1.54, 1.807) is 12.1 Å². The van der Waals surface area contributed by atoms with Gasteiger partial charge in [-0.05, 0) is 81.2 Å². The molecule has 1 N–H and O–H groups in total. The first-order chi connectivity index (χ1) is 17.0. The minimum absolute atomic E-state index is 0.194. The molecule has 3 aromatic rings. The molecule has 1 aromatic heterocycles. The van der Waals surface area contributed by atoms with Crippen LogP contribution in [-0.2, 0) is 6.54 Å². The van der Waals surface area contributed by atoms with Gasteiger partial charge in [-0.3, -0.25) is 19.7 Å². The highest BCUT2D eigenvalue weighted by Crippen LogP contribution is 2.34. The zero-order valence-electron chi connectivity index (χ0n) is 19.4. The summed E-state index contributed by atoms with van der Waals surface area (Å²) in [5.41, 5.74) is 5.94. The molecule has 0 bridgehead atoms. The number of carbonyl (C=O) groups is 1. The van der Waals surface area contributed by atoms with E-state index in [-0.39, 0.29) is 5.91 Å². The first-order valence-corrected chi connectivity index (χ1v) is 13.2. The van der Waals surface area contributed by atoms with E-state index in [1.165, 1.54) is 6.42 Å². The third-order valence-corrected chi connectivity index (χ3v) is 7.43. The Morgan fingerprint density at radius 1 is 0.857 bits per heavy atom. The number of amides is 1. The van der Waals surface area contributed by atoms with Crippen LogP contribution in [0.2, 0.25) is 15.1 Å². The van der Waals surface area contributed by atoms with Crippen LogP contribution >= 0.6 is 34.8 Å². The molecule has 2 aliphatic heterocycles. The molecular weight excluding hydrogens is 505 g/mol. The Kier molecular flexibility index (Phi) is 7.65. The Morgan fingerprint density at radius 2 is 1.51 bits per heavy atom. The van der Waals surface area contributed by atoms with E-state index in [0.29, 0.717) is 38.7 Å². The number of rotatable bonds is 6. The summed E-state index contributed by atoms with van der Waals surface area (Å²) in [5.74, 6) is 0.409. The van der Waals surface area contributed by atoms with Crippen molar-refractivity contribution in [3.05, 3.63) is 68.9 Å². The zero-order valence-corrected chi connectivity index (χ0v) is 21.7. The van der Waals surface area contributed by atoms with Gasteiger partial charge in [0.2, 0.25) is 0 Å². The van der Waals surface area contributed by atoms with Gasteiger partial charge in [0.05, 0.1) is 10.7 Å². The van der Waals surface area contributed by atoms with Crippen LogP contribution < -0.4 is 5.43 Å². The van der Waals surface area contributed by atoms with Gasteiger partial charge in [-0.1, -0.05) is 41.2 Å². The predicted molar refractivity (Wildman–Crippen MR) is 141 cm³/mol. The minimum atomic E-state index is -0.194. The second kappa shape index (κ2) is 10.9. The highest BCUT2D eigenvalue weighted by Gasteiger charge is 2.28. The van der Waals surface area contributed by atoms with Crippen LogP contribution in [0.25, 0.3) is 17.1 Å². The highest BCUT2D eigenvalue weighted by molar-refractivity contribution is 6.36. The van der Waals surface area contributed by atoms with Crippen molar-refractivity contribution >= 4 is 40.7 Å². The summed E-state index contributed by atoms with van der Waals surface area (Å²) in [6.45, 7) is 4.30. The Bertz CT molecular complexity index is 1200. The average molecular weight is 533 g/mol. The van der Waals surface area contributed by atoms with E-state index < -0.39 is 0 Å². The summed E-state index contributed by atoms with van der Waals surface area (Å²) in [6, 6.07) is 12.9. The van der Waals surface area contributed by atoms with Crippen molar-refractivity contribution < 1.29 is 4.79 Å². The number of hydrazine groups is 1. The smallest absolute Gasteiger partial charge is 0.286 e. The summed E-state index contributed by atoms with van der Waals surface area (Å²) >= 11 is 19.0. The first kappa shape index (κ1) is 24.6. The number of imidazole rings is 1. The summed E-state index contributed by atoms with van der Waals surface area (Å²) in [7, 11) is 0. The summed E-state index contributed by atoms with van der Waals surface area (Å²) in [6.07, 6.45) is 5.65. The quantitative estimate of drug-likeness (QED) is 0.409. The molecule has 3 heterocycles. The van der Waals surface area contributed by atoms with Crippen LogP contribution in [0, 0.1) is 0 Å². The Balaban J connectivity index is 1.65. The van der Waals surface area contributed by atoms with Crippen molar-refractivity contribution in [3.8, 4) is 17.1 Å². The second-order valence-electron chi connectivity index (χ2n) is 9.14. The fourth-order valence-electron chi connectivity index (χ4n) is 4.86. The molecule has 2 fully saturated rings. The number of likely N-dealkylation sites (tertiary alicyclic amines) is 1. The third-order valence-electron chi connectivity index (χ3n) is 6.63. The maximum atomic E-state index is 13.6. The number of nitrogens with one attached hydrogen (secondary N) is 1. The van der Waals surface area contributed by atoms with Crippen molar-refractivity contribution in [1.29, 1.82) is 0 Å². The number of carbonyl (C=O) groups excluding carboxylic acids is 1.